The molecule has 1 aliphatic carbocycles. The molecule has 0 spiro atoms. The zero-order valence-electron chi connectivity index (χ0n) is 15.0. The number of aryl methyl sites for hydroxylation is 1. The number of rotatable bonds is 5. The zero-order chi connectivity index (χ0) is 17.6. The van der Waals surface area contributed by atoms with Crippen molar-refractivity contribution in [1.29, 1.82) is 0 Å². The van der Waals surface area contributed by atoms with Crippen molar-refractivity contribution in [3.63, 3.8) is 0 Å². The molecule has 1 atom stereocenters. The van der Waals surface area contributed by atoms with Crippen molar-refractivity contribution in [3.8, 4) is 0 Å². The van der Waals surface area contributed by atoms with Crippen molar-refractivity contribution in [2.45, 2.75) is 58.0 Å². The van der Waals surface area contributed by atoms with Crippen LogP contribution >= 0.6 is 0 Å². The van der Waals surface area contributed by atoms with Gasteiger partial charge >= 0.3 is 0 Å². The summed E-state index contributed by atoms with van der Waals surface area (Å²) in [6.07, 6.45) is 5.77. The number of hydrogen-bond acceptors (Lipinski definition) is 4. The van der Waals surface area contributed by atoms with Gasteiger partial charge in [-0.1, -0.05) is 49.6 Å². The first-order chi connectivity index (χ1) is 12.1. The summed E-state index contributed by atoms with van der Waals surface area (Å²) in [5, 5.41) is 6.48. The Labute approximate surface area is 149 Å². The van der Waals surface area contributed by atoms with Gasteiger partial charge in [0.2, 0.25) is 0 Å². The van der Waals surface area contributed by atoms with Crippen LogP contribution in [-0.4, -0.2) is 21.9 Å². The highest BCUT2D eigenvalue weighted by molar-refractivity contribution is 5.93. The van der Waals surface area contributed by atoms with E-state index < -0.39 is 0 Å². The highest BCUT2D eigenvalue weighted by atomic mass is 16.1. The maximum absolute atomic E-state index is 12.5. The third-order valence-corrected chi connectivity index (χ3v) is 4.67. The molecule has 1 aromatic heterocycles. The number of hydrogen-bond donors (Lipinski definition) is 2. The molecule has 1 unspecified atom stereocenters. The molecule has 0 radical (unpaired) electrons. The molecule has 5 nitrogen and oxygen atoms in total. The molecular formula is C20H26N4O. The summed E-state index contributed by atoms with van der Waals surface area (Å²) >= 11 is 0. The Hall–Kier alpha value is -2.43. The fourth-order valence-corrected chi connectivity index (χ4v) is 3.31. The summed E-state index contributed by atoms with van der Waals surface area (Å²) in [5.74, 6) is 1.17. The Bertz CT molecular complexity index is 711. The van der Waals surface area contributed by atoms with Crippen molar-refractivity contribution in [3.05, 3.63) is 53.5 Å². The summed E-state index contributed by atoms with van der Waals surface area (Å²) in [4.78, 5) is 21.3. The summed E-state index contributed by atoms with van der Waals surface area (Å²) < 4.78 is 0. The van der Waals surface area contributed by atoms with E-state index in [9.17, 15) is 4.79 Å². The fourth-order valence-electron chi connectivity index (χ4n) is 3.31. The molecule has 1 saturated carbocycles. The van der Waals surface area contributed by atoms with Crippen LogP contribution in [0.3, 0.4) is 0 Å². The quantitative estimate of drug-likeness (QED) is 0.864. The largest absolute Gasteiger partial charge is 0.363 e. The van der Waals surface area contributed by atoms with E-state index in [1.54, 1.807) is 6.07 Å². The van der Waals surface area contributed by atoms with Crippen molar-refractivity contribution < 1.29 is 4.79 Å². The van der Waals surface area contributed by atoms with Crippen LogP contribution in [0.15, 0.2) is 36.4 Å². The number of nitrogens with one attached hydrogen (secondary N) is 2. The van der Waals surface area contributed by atoms with Gasteiger partial charge in [0.15, 0.2) is 0 Å². The molecule has 0 bridgehead atoms. The topological polar surface area (TPSA) is 66.9 Å². The lowest BCUT2D eigenvalue weighted by Crippen LogP contribution is -2.36. The minimum Gasteiger partial charge on any atom is -0.363 e. The van der Waals surface area contributed by atoms with Gasteiger partial charge in [-0.05, 0) is 32.3 Å². The highest BCUT2D eigenvalue weighted by Gasteiger charge is 2.18. The summed E-state index contributed by atoms with van der Waals surface area (Å²) in [6.45, 7) is 3.89. The zero-order valence-corrected chi connectivity index (χ0v) is 15.0. The van der Waals surface area contributed by atoms with Crippen LogP contribution in [0, 0.1) is 6.92 Å². The van der Waals surface area contributed by atoms with Crippen molar-refractivity contribution >= 4 is 11.7 Å². The molecule has 2 aromatic rings. The molecule has 0 aliphatic heterocycles. The van der Waals surface area contributed by atoms with Gasteiger partial charge in [0.05, 0.1) is 0 Å². The van der Waals surface area contributed by atoms with Gasteiger partial charge in [0.1, 0.15) is 17.3 Å². The van der Waals surface area contributed by atoms with E-state index in [1.807, 2.05) is 25.1 Å². The lowest BCUT2D eigenvalue weighted by molar-refractivity contribution is 0.0922. The van der Waals surface area contributed by atoms with E-state index in [1.165, 1.54) is 24.8 Å². The molecule has 5 heteroatoms. The van der Waals surface area contributed by atoms with Gasteiger partial charge in [0.25, 0.3) is 5.91 Å². The standard InChI is InChI=1S/C20H26N4O/c1-14(16-9-5-3-6-10-16)21-19-13-18(22-15(2)23-19)20(25)24-17-11-7-4-8-12-17/h3,5-6,9-10,13-14,17H,4,7-8,11-12H2,1-2H3,(H,24,25)(H,21,22,23). The maximum atomic E-state index is 12.5. The fraction of sp³-hybridized carbons (Fsp3) is 0.450. The lowest BCUT2D eigenvalue weighted by Gasteiger charge is -2.22. The molecular weight excluding hydrogens is 312 g/mol. The SMILES string of the molecule is Cc1nc(NC(C)c2ccccc2)cc(C(=O)NC2CCCCC2)n1. The maximum Gasteiger partial charge on any atom is 0.270 e. The Morgan fingerprint density at radius 2 is 1.84 bits per heavy atom. The third-order valence-electron chi connectivity index (χ3n) is 4.67. The van der Waals surface area contributed by atoms with Crippen molar-refractivity contribution in [2.75, 3.05) is 5.32 Å². The number of nitrogens with zero attached hydrogens (tertiary/aromatic N) is 2. The average Bonchev–Trinajstić information content (AvgIpc) is 2.63. The van der Waals surface area contributed by atoms with Gasteiger partial charge in [-0.2, -0.15) is 0 Å². The smallest absolute Gasteiger partial charge is 0.270 e. The van der Waals surface area contributed by atoms with Crippen LogP contribution in [0.25, 0.3) is 0 Å². The van der Waals surface area contributed by atoms with E-state index in [-0.39, 0.29) is 18.0 Å². The van der Waals surface area contributed by atoms with Crippen LogP contribution in [-0.2, 0) is 0 Å². The normalized spacial score (nSPS) is 16.2. The number of amides is 1. The number of aromatic nitrogens is 2. The van der Waals surface area contributed by atoms with E-state index in [4.69, 9.17) is 0 Å². The summed E-state index contributed by atoms with van der Waals surface area (Å²) in [5.41, 5.74) is 1.60. The van der Waals surface area contributed by atoms with E-state index in [2.05, 4.69) is 39.7 Å². The second kappa shape index (κ2) is 8.10. The predicted octanol–water partition coefficient (Wildman–Crippen LogP) is 4.02. The molecule has 132 valence electrons. The molecule has 1 heterocycles. The van der Waals surface area contributed by atoms with Crippen LogP contribution in [0.4, 0.5) is 5.82 Å². The van der Waals surface area contributed by atoms with Crippen LogP contribution < -0.4 is 10.6 Å². The highest BCUT2D eigenvalue weighted by Crippen LogP contribution is 2.20. The molecule has 1 amide bonds. The number of benzene rings is 1. The second-order valence-corrected chi connectivity index (χ2v) is 6.77. The minimum absolute atomic E-state index is 0.102. The first-order valence-electron chi connectivity index (χ1n) is 9.10. The Kier molecular flexibility index (Phi) is 5.64. The second-order valence-electron chi connectivity index (χ2n) is 6.77. The van der Waals surface area contributed by atoms with Gasteiger partial charge in [0, 0.05) is 18.2 Å². The van der Waals surface area contributed by atoms with E-state index in [0.29, 0.717) is 17.3 Å². The van der Waals surface area contributed by atoms with Gasteiger partial charge in [-0.15, -0.1) is 0 Å². The monoisotopic (exact) mass is 338 g/mol. The van der Waals surface area contributed by atoms with Crippen LogP contribution in [0.2, 0.25) is 0 Å². The van der Waals surface area contributed by atoms with Gasteiger partial charge in [-0.25, -0.2) is 9.97 Å². The van der Waals surface area contributed by atoms with Gasteiger partial charge < -0.3 is 10.6 Å². The summed E-state index contributed by atoms with van der Waals surface area (Å²) in [7, 11) is 0. The summed E-state index contributed by atoms with van der Waals surface area (Å²) in [6, 6.07) is 12.3. The van der Waals surface area contributed by atoms with Crippen LogP contribution in [0.1, 0.15) is 66.9 Å². The van der Waals surface area contributed by atoms with Crippen LogP contribution in [0.5, 0.6) is 0 Å². The number of carbonyl (C=O) groups excluding carboxylic acids is 1. The number of carbonyl (C=O) groups is 1. The molecule has 25 heavy (non-hydrogen) atoms. The van der Waals surface area contributed by atoms with E-state index >= 15 is 0 Å². The molecule has 3 rings (SSSR count). The molecule has 1 fully saturated rings. The minimum atomic E-state index is -0.104. The molecule has 2 N–H and O–H groups in total. The third kappa shape index (κ3) is 4.78. The lowest BCUT2D eigenvalue weighted by atomic mass is 9.95. The molecule has 1 aliphatic rings. The molecule has 0 saturated heterocycles. The van der Waals surface area contributed by atoms with Gasteiger partial charge in [-0.3, -0.25) is 4.79 Å². The molecule has 1 aromatic carbocycles. The van der Waals surface area contributed by atoms with Crippen molar-refractivity contribution in [2.24, 2.45) is 0 Å². The Morgan fingerprint density at radius 3 is 2.56 bits per heavy atom. The van der Waals surface area contributed by atoms with Crippen molar-refractivity contribution in [1.82, 2.24) is 15.3 Å². The number of anilines is 1. The first kappa shape index (κ1) is 17.4. The first-order valence-corrected chi connectivity index (χ1v) is 9.10. The predicted molar refractivity (Wildman–Crippen MR) is 99.6 cm³/mol. The Balaban J connectivity index is 1.70. The average molecular weight is 338 g/mol. The van der Waals surface area contributed by atoms with E-state index in [0.717, 1.165) is 12.8 Å². The Morgan fingerprint density at radius 1 is 1.12 bits per heavy atom.